The molecule has 0 radical (unpaired) electrons. The molecule has 0 aliphatic carbocycles. The van der Waals surface area contributed by atoms with E-state index >= 15 is 0 Å². The second-order valence-corrected chi connectivity index (χ2v) is 4.40. The van der Waals surface area contributed by atoms with Gasteiger partial charge in [0.05, 0.1) is 16.9 Å². The largest absolute Gasteiger partial charge is 0.373 e. The zero-order valence-corrected chi connectivity index (χ0v) is 10.7. The van der Waals surface area contributed by atoms with Crippen LogP contribution in [0.1, 0.15) is 0 Å². The van der Waals surface area contributed by atoms with Gasteiger partial charge in [0.1, 0.15) is 5.69 Å². The van der Waals surface area contributed by atoms with Gasteiger partial charge in [0.25, 0.3) is 0 Å². The number of hydrogen-bond donors (Lipinski definition) is 0. The van der Waals surface area contributed by atoms with E-state index in [0.717, 1.165) is 0 Å². The van der Waals surface area contributed by atoms with Crippen LogP contribution in [0.5, 0.6) is 0 Å². The van der Waals surface area contributed by atoms with Gasteiger partial charge in [0.2, 0.25) is 0 Å². The highest BCUT2D eigenvalue weighted by molar-refractivity contribution is 6.31. The van der Waals surface area contributed by atoms with Crippen LogP contribution >= 0.6 is 23.2 Å². The van der Waals surface area contributed by atoms with Crippen molar-refractivity contribution >= 4 is 28.9 Å². The molecule has 4 nitrogen and oxygen atoms in total. The molecule has 1 aromatic heterocycles. The molecule has 0 unspecified atom stereocenters. The number of nitrogens with zero attached hydrogens (tertiary/aromatic N) is 4. The summed E-state index contributed by atoms with van der Waals surface area (Å²) in [5.41, 5.74) is 0.857. The molecule has 0 bridgehead atoms. The Morgan fingerprint density at radius 2 is 2.00 bits per heavy atom. The van der Waals surface area contributed by atoms with Gasteiger partial charge in [0.15, 0.2) is 11.0 Å². The Labute approximate surface area is 108 Å². The highest BCUT2D eigenvalue weighted by Gasteiger charge is 2.16. The maximum Gasteiger partial charge on any atom is 0.171 e. The van der Waals surface area contributed by atoms with E-state index in [9.17, 15) is 4.39 Å². The maximum absolute atomic E-state index is 13.9. The van der Waals surface area contributed by atoms with Crippen molar-refractivity contribution < 1.29 is 4.39 Å². The first kappa shape index (κ1) is 12.1. The summed E-state index contributed by atoms with van der Waals surface area (Å²) in [4.78, 5) is 1.62. The van der Waals surface area contributed by atoms with E-state index in [-0.39, 0.29) is 10.2 Å². The van der Waals surface area contributed by atoms with Gasteiger partial charge in [-0.2, -0.15) is 0 Å². The molecular formula is C10H9Cl2FN4. The fourth-order valence-corrected chi connectivity index (χ4v) is 1.78. The number of benzene rings is 1. The molecule has 0 aliphatic rings. The van der Waals surface area contributed by atoms with E-state index < -0.39 is 5.82 Å². The molecule has 0 saturated heterocycles. The van der Waals surface area contributed by atoms with Gasteiger partial charge in [-0.05, 0) is 12.1 Å². The zero-order chi connectivity index (χ0) is 12.6. The molecule has 0 aliphatic heterocycles. The van der Waals surface area contributed by atoms with Gasteiger partial charge in [-0.3, -0.25) is 0 Å². The first-order valence-electron chi connectivity index (χ1n) is 4.74. The van der Waals surface area contributed by atoms with Crippen molar-refractivity contribution in [1.29, 1.82) is 0 Å². The molecule has 90 valence electrons. The van der Waals surface area contributed by atoms with E-state index in [1.807, 2.05) is 0 Å². The number of aromatic nitrogens is 3. The summed E-state index contributed by atoms with van der Waals surface area (Å²) in [7, 11) is 3.44. The average Bonchev–Trinajstić information content (AvgIpc) is 2.68. The first-order valence-corrected chi connectivity index (χ1v) is 5.50. The second-order valence-electron chi connectivity index (χ2n) is 3.61. The molecule has 2 aromatic rings. The van der Waals surface area contributed by atoms with Crippen LogP contribution < -0.4 is 4.90 Å². The number of halogens is 3. The lowest BCUT2D eigenvalue weighted by atomic mass is 10.2. The Bertz CT molecular complexity index is 553. The number of anilines is 1. The van der Waals surface area contributed by atoms with Gasteiger partial charge in [-0.1, -0.05) is 28.4 Å². The van der Waals surface area contributed by atoms with E-state index in [1.165, 1.54) is 16.9 Å². The van der Waals surface area contributed by atoms with E-state index in [2.05, 4.69) is 10.3 Å². The van der Waals surface area contributed by atoms with Crippen molar-refractivity contribution in [2.45, 2.75) is 0 Å². The normalized spacial score (nSPS) is 10.6. The smallest absolute Gasteiger partial charge is 0.171 e. The minimum absolute atomic E-state index is 0.0589. The second kappa shape index (κ2) is 4.50. The third-order valence-electron chi connectivity index (χ3n) is 2.21. The standard InChI is InChI=1S/C10H9Cl2FN4/c1-16(2)10-7(4-3-6(11)9(10)13)17-5-8(12)14-15-17/h3-5H,1-2H3. The average molecular weight is 275 g/mol. The van der Waals surface area contributed by atoms with Gasteiger partial charge < -0.3 is 4.90 Å². The third-order valence-corrected chi connectivity index (χ3v) is 2.67. The van der Waals surface area contributed by atoms with Crippen LogP contribution in [-0.4, -0.2) is 29.1 Å². The first-order chi connectivity index (χ1) is 8.00. The van der Waals surface area contributed by atoms with Crippen molar-refractivity contribution in [1.82, 2.24) is 15.0 Å². The summed E-state index contributed by atoms with van der Waals surface area (Å²) < 4.78 is 15.3. The van der Waals surface area contributed by atoms with Crippen molar-refractivity contribution in [3.05, 3.63) is 34.3 Å². The highest BCUT2D eigenvalue weighted by atomic mass is 35.5. The quantitative estimate of drug-likeness (QED) is 0.845. The van der Waals surface area contributed by atoms with Crippen molar-refractivity contribution in [2.24, 2.45) is 0 Å². The van der Waals surface area contributed by atoms with Gasteiger partial charge >= 0.3 is 0 Å². The minimum atomic E-state index is -0.499. The topological polar surface area (TPSA) is 34.0 Å². The van der Waals surface area contributed by atoms with Crippen LogP contribution in [0, 0.1) is 5.82 Å². The lowest BCUT2D eigenvalue weighted by Gasteiger charge is -2.18. The van der Waals surface area contributed by atoms with Gasteiger partial charge in [-0.15, -0.1) is 5.10 Å². The molecular weight excluding hydrogens is 266 g/mol. The summed E-state index contributed by atoms with van der Waals surface area (Å²) in [5.74, 6) is -0.499. The fraction of sp³-hybridized carbons (Fsp3) is 0.200. The van der Waals surface area contributed by atoms with E-state index in [0.29, 0.717) is 11.4 Å². The monoisotopic (exact) mass is 274 g/mol. The predicted octanol–water partition coefficient (Wildman–Crippen LogP) is 2.78. The lowest BCUT2D eigenvalue weighted by molar-refractivity contribution is 0.623. The Kier molecular flexibility index (Phi) is 3.22. The minimum Gasteiger partial charge on any atom is -0.373 e. The summed E-state index contributed by atoms with van der Waals surface area (Å²) >= 11 is 11.4. The molecule has 7 heteroatoms. The molecule has 0 atom stereocenters. The Balaban J connectivity index is 2.65. The van der Waals surface area contributed by atoms with Crippen molar-refractivity contribution in [2.75, 3.05) is 19.0 Å². The Morgan fingerprint density at radius 1 is 1.29 bits per heavy atom. The zero-order valence-electron chi connectivity index (χ0n) is 9.15. The number of hydrogen-bond acceptors (Lipinski definition) is 3. The molecule has 2 rings (SSSR count). The molecule has 0 amide bonds. The maximum atomic E-state index is 13.9. The van der Waals surface area contributed by atoms with Gasteiger partial charge in [-0.25, -0.2) is 9.07 Å². The molecule has 1 aromatic carbocycles. The molecule has 1 heterocycles. The molecule has 0 spiro atoms. The SMILES string of the molecule is CN(C)c1c(-n2cc(Cl)nn2)ccc(Cl)c1F. The molecule has 0 N–H and O–H groups in total. The summed E-state index contributed by atoms with van der Waals surface area (Å²) in [6.07, 6.45) is 1.50. The number of rotatable bonds is 2. The van der Waals surface area contributed by atoms with Crippen LogP contribution in [0.2, 0.25) is 10.2 Å². The summed E-state index contributed by atoms with van der Waals surface area (Å²) in [6, 6.07) is 3.13. The molecule has 0 saturated carbocycles. The lowest BCUT2D eigenvalue weighted by Crippen LogP contribution is -2.15. The summed E-state index contributed by atoms with van der Waals surface area (Å²) in [5, 5.41) is 7.75. The molecule has 17 heavy (non-hydrogen) atoms. The van der Waals surface area contributed by atoms with Crippen LogP contribution in [0.3, 0.4) is 0 Å². The third kappa shape index (κ3) is 2.21. The predicted molar refractivity (Wildman–Crippen MR) is 65.7 cm³/mol. The van der Waals surface area contributed by atoms with E-state index in [4.69, 9.17) is 23.2 Å². The van der Waals surface area contributed by atoms with Crippen LogP contribution in [0.4, 0.5) is 10.1 Å². The van der Waals surface area contributed by atoms with E-state index in [1.54, 1.807) is 25.1 Å². The van der Waals surface area contributed by atoms with Gasteiger partial charge in [0, 0.05) is 14.1 Å². The highest BCUT2D eigenvalue weighted by Crippen LogP contribution is 2.31. The fourth-order valence-electron chi connectivity index (χ4n) is 1.50. The molecule has 0 fully saturated rings. The summed E-state index contributed by atoms with van der Waals surface area (Å²) in [6.45, 7) is 0. The Hall–Kier alpha value is -1.33. The van der Waals surface area contributed by atoms with Crippen LogP contribution in [0.15, 0.2) is 18.3 Å². The van der Waals surface area contributed by atoms with Crippen LogP contribution in [0.25, 0.3) is 5.69 Å². The van der Waals surface area contributed by atoms with Crippen molar-refractivity contribution in [3.8, 4) is 5.69 Å². The van der Waals surface area contributed by atoms with Crippen LogP contribution in [-0.2, 0) is 0 Å². The Morgan fingerprint density at radius 3 is 2.53 bits per heavy atom. The van der Waals surface area contributed by atoms with Crippen molar-refractivity contribution in [3.63, 3.8) is 0 Å².